The van der Waals surface area contributed by atoms with Crippen LogP contribution in [0.3, 0.4) is 0 Å². The van der Waals surface area contributed by atoms with E-state index in [1.54, 1.807) is 13.8 Å². The number of halogens is 4. The minimum Gasteiger partial charge on any atom is -0.372 e. The maximum atomic E-state index is 14.4. The van der Waals surface area contributed by atoms with Crippen LogP contribution in [0.4, 0.5) is 13.2 Å². The zero-order chi connectivity index (χ0) is 24.8. The van der Waals surface area contributed by atoms with Gasteiger partial charge in [-0.3, -0.25) is 4.79 Å². The van der Waals surface area contributed by atoms with Gasteiger partial charge in [0.25, 0.3) is 0 Å². The molecule has 196 valence electrons. The van der Waals surface area contributed by atoms with Crippen LogP contribution in [0.15, 0.2) is 0 Å². The molecular weight excluding hydrogens is 497 g/mol. The fourth-order valence-electron chi connectivity index (χ4n) is 5.87. The van der Waals surface area contributed by atoms with E-state index in [0.29, 0.717) is 43.5 Å². The number of fused-ring (bicyclic) bond motifs is 1. The van der Waals surface area contributed by atoms with E-state index < -0.39 is 57.3 Å². The number of hydrogen-bond donors (Lipinski definition) is 2. The van der Waals surface area contributed by atoms with E-state index in [9.17, 15) is 26.4 Å². The molecular formula is C21H34ClF3N4O4S. The Morgan fingerprint density at radius 1 is 1.18 bits per heavy atom. The second kappa shape index (κ2) is 10.4. The summed E-state index contributed by atoms with van der Waals surface area (Å²) in [5.41, 5.74) is 2.55. The summed E-state index contributed by atoms with van der Waals surface area (Å²) in [5.74, 6) is -1.35. The van der Waals surface area contributed by atoms with Crippen molar-refractivity contribution in [2.45, 2.75) is 106 Å². The zero-order valence-corrected chi connectivity index (χ0v) is 21.0. The number of carbonyl (C=O) groups excluding carboxylic acids is 1. The lowest BCUT2D eigenvalue weighted by atomic mass is 9.84. The number of hydrogen-bond acceptors (Lipinski definition) is 6. The highest BCUT2D eigenvalue weighted by Crippen LogP contribution is 2.36. The summed E-state index contributed by atoms with van der Waals surface area (Å²) in [6.07, 6.45) is 0.951. The smallest absolute Gasteiger partial charge is 0.306 e. The third-order valence-corrected chi connectivity index (χ3v) is 10.5. The highest BCUT2D eigenvalue weighted by Gasteiger charge is 2.51. The van der Waals surface area contributed by atoms with Gasteiger partial charge in [-0.2, -0.15) is 18.1 Å². The van der Waals surface area contributed by atoms with Crippen LogP contribution < -0.4 is 10.7 Å². The lowest BCUT2D eigenvalue weighted by Crippen LogP contribution is -2.63. The molecule has 0 aromatic rings. The van der Waals surface area contributed by atoms with Gasteiger partial charge in [0.05, 0.1) is 24.2 Å². The monoisotopic (exact) mass is 530 g/mol. The second-order valence-corrected chi connectivity index (χ2v) is 12.7. The maximum Gasteiger partial charge on any atom is 0.306 e. The highest BCUT2D eigenvalue weighted by molar-refractivity contribution is 7.89. The predicted molar refractivity (Wildman–Crippen MR) is 121 cm³/mol. The largest absolute Gasteiger partial charge is 0.372 e. The van der Waals surface area contributed by atoms with E-state index in [0.717, 1.165) is 0 Å². The Morgan fingerprint density at radius 3 is 2.56 bits per heavy atom. The zero-order valence-electron chi connectivity index (χ0n) is 19.4. The molecule has 2 aliphatic carbocycles. The summed E-state index contributed by atoms with van der Waals surface area (Å²) in [6, 6.07) is -1.56. The maximum absolute atomic E-state index is 14.4. The molecule has 1 amide bonds. The molecule has 0 bridgehead atoms. The number of alkyl halides is 4. The molecule has 2 heterocycles. The van der Waals surface area contributed by atoms with E-state index >= 15 is 0 Å². The molecule has 2 aliphatic heterocycles. The number of nitrogens with zero attached hydrogens (tertiary/aromatic N) is 2. The Morgan fingerprint density at radius 2 is 1.91 bits per heavy atom. The van der Waals surface area contributed by atoms with Gasteiger partial charge in [-0.15, -0.1) is 11.6 Å². The highest BCUT2D eigenvalue weighted by atomic mass is 35.5. The average Bonchev–Trinajstić information content (AvgIpc) is 3.16. The summed E-state index contributed by atoms with van der Waals surface area (Å²) in [5, 5.41) is 1.96. The molecule has 2 N–H and O–H groups in total. The van der Waals surface area contributed by atoms with Crippen molar-refractivity contribution in [3.8, 4) is 0 Å². The molecule has 0 radical (unpaired) electrons. The van der Waals surface area contributed by atoms with Crippen molar-refractivity contribution in [1.29, 1.82) is 0 Å². The SMILES string of the molecule is CC1NN(C(F)F)CC1S(=O)(=O)N1C[C@H](C)OC2CCC(NC(=O)C3C(F)CCCC3Cl)CC21. The van der Waals surface area contributed by atoms with Gasteiger partial charge < -0.3 is 10.1 Å². The van der Waals surface area contributed by atoms with E-state index in [-0.39, 0.29) is 31.3 Å². The minimum absolute atomic E-state index is 0.112. The molecule has 8 nitrogen and oxygen atoms in total. The molecule has 34 heavy (non-hydrogen) atoms. The van der Waals surface area contributed by atoms with Gasteiger partial charge in [-0.25, -0.2) is 18.2 Å². The third-order valence-electron chi connectivity index (χ3n) is 7.61. The molecule has 9 atom stereocenters. The number of amides is 1. The number of ether oxygens (including phenoxy) is 1. The van der Waals surface area contributed by atoms with Crippen molar-refractivity contribution in [1.82, 2.24) is 20.1 Å². The predicted octanol–water partition coefficient (Wildman–Crippen LogP) is 1.99. The van der Waals surface area contributed by atoms with Crippen molar-refractivity contribution < 1.29 is 31.1 Å². The molecule has 4 rings (SSSR count). The lowest BCUT2D eigenvalue weighted by Gasteiger charge is -2.48. The molecule has 8 unspecified atom stereocenters. The molecule has 4 fully saturated rings. The standard InChI is InChI=1S/C21H34ClF3N4O4S/c1-11-9-29(34(31,32)18-10-28(21(24)25)27-12(18)2)16-8-13(6-7-17(16)33-11)26-20(30)19-14(22)4-3-5-15(19)23/h11-19,21,27H,3-10H2,1-2H3,(H,26,30)/t11-,12?,13?,14?,15?,16?,17?,18?,19?/m0/s1. The van der Waals surface area contributed by atoms with Crippen LogP contribution in [0.1, 0.15) is 52.4 Å². The molecule has 0 aromatic heterocycles. The molecule has 0 spiro atoms. The first-order valence-electron chi connectivity index (χ1n) is 12.0. The molecule has 0 aromatic carbocycles. The normalized spacial score (nSPS) is 42.5. The van der Waals surface area contributed by atoms with Gasteiger partial charge in [0.1, 0.15) is 11.4 Å². The Labute approximate surface area is 203 Å². The number of sulfonamides is 1. The van der Waals surface area contributed by atoms with Crippen LogP contribution in [0.5, 0.6) is 0 Å². The second-order valence-electron chi connectivity index (χ2n) is 10.1. The first-order chi connectivity index (χ1) is 16.0. The summed E-state index contributed by atoms with van der Waals surface area (Å²) >= 11 is 6.25. The van der Waals surface area contributed by atoms with Gasteiger partial charge in [-0.1, -0.05) is 0 Å². The Hall–Kier alpha value is -0.660. The van der Waals surface area contributed by atoms with Gasteiger partial charge in [0, 0.05) is 30.6 Å². The quantitative estimate of drug-likeness (QED) is 0.417. The summed E-state index contributed by atoms with van der Waals surface area (Å²) in [7, 11) is -3.95. The topological polar surface area (TPSA) is 91.0 Å². The molecule has 4 aliphatic rings. The van der Waals surface area contributed by atoms with Crippen LogP contribution in [-0.4, -0.2) is 90.4 Å². The Bertz CT molecular complexity index is 846. The summed E-state index contributed by atoms with van der Waals surface area (Å²) in [6.45, 7) is 0.357. The molecule has 2 saturated carbocycles. The number of hydrazine groups is 1. The number of nitrogens with one attached hydrogen (secondary N) is 2. The number of morpholine rings is 1. The van der Waals surface area contributed by atoms with Crippen LogP contribution >= 0.6 is 11.6 Å². The van der Waals surface area contributed by atoms with Crippen molar-refractivity contribution in [2.24, 2.45) is 5.92 Å². The molecule has 13 heteroatoms. The van der Waals surface area contributed by atoms with Gasteiger partial charge >= 0.3 is 6.55 Å². The third kappa shape index (κ3) is 5.22. The van der Waals surface area contributed by atoms with E-state index in [2.05, 4.69) is 10.7 Å². The molecule has 2 saturated heterocycles. The van der Waals surface area contributed by atoms with Crippen LogP contribution in [-0.2, 0) is 19.6 Å². The first kappa shape index (κ1) is 26.4. The first-order valence-corrected chi connectivity index (χ1v) is 14.0. The van der Waals surface area contributed by atoms with Crippen LogP contribution in [0.2, 0.25) is 0 Å². The number of carbonyl (C=O) groups is 1. The Kier molecular flexibility index (Phi) is 8.05. The van der Waals surface area contributed by atoms with Crippen molar-refractivity contribution in [3.05, 3.63) is 0 Å². The number of rotatable bonds is 5. The van der Waals surface area contributed by atoms with Gasteiger partial charge in [0.2, 0.25) is 15.9 Å². The van der Waals surface area contributed by atoms with E-state index in [4.69, 9.17) is 16.3 Å². The van der Waals surface area contributed by atoms with Gasteiger partial charge in [-0.05, 0) is 52.4 Å². The van der Waals surface area contributed by atoms with Crippen molar-refractivity contribution in [2.75, 3.05) is 13.1 Å². The van der Waals surface area contributed by atoms with E-state index in [1.807, 2.05) is 0 Å². The van der Waals surface area contributed by atoms with Crippen LogP contribution in [0, 0.1) is 5.92 Å². The summed E-state index contributed by atoms with van der Waals surface area (Å²) in [4.78, 5) is 12.8. The minimum atomic E-state index is -3.95. The van der Waals surface area contributed by atoms with Crippen molar-refractivity contribution >= 4 is 27.5 Å². The fourth-order valence-corrected chi connectivity index (χ4v) is 8.58. The van der Waals surface area contributed by atoms with Crippen molar-refractivity contribution in [3.63, 3.8) is 0 Å². The lowest BCUT2D eigenvalue weighted by molar-refractivity contribution is -0.131. The van der Waals surface area contributed by atoms with E-state index in [1.165, 1.54) is 4.31 Å². The summed E-state index contributed by atoms with van der Waals surface area (Å²) < 4.78 is 75.5. The average molecular weight is 531 g/mol. The Balaban J connectivity index is 1.48. The van der Waals surface area contributed by atoms with Crippen LogP contribution in [0.25, 0.3) is 0 Å². The van der Waals surface area contributed by atoms with Gasteiger partial charge in [0.15, 0.2) is 0 Å². The fraction of sp³-hybridized carbons (Fsp3) is 0.952.